The summed E-state index contributed by atoms with van der Waals surface area (Å²) in [6.45, 7) is 2.52. The number of thiol groups is 1. The van der Waals surface area contributed by atoms with Gasteiger partial charge in [0.05, 0.1) is 6.04 Å². The van der Waals surface area contributed by atoms with Crippen LogP contribution in [0.1, 0.15) is 58.3 Å². The third-order valence-corrected chi connectivity index (χ3v) is 3.52. The Morgan fingerprint density at radius 3 is 2.52 bits per heavy atom. The zero-order valence-electron chi connectivity index (χ0n) is 12.8. The van der Waals surface area contributed by atoms with Crippen LogP contribution >= 0.6 is 12.6 Å². The Morgan fingerprint density at radius 1 is 1.19 bits per heavy atom. The summed E-state index contributed by atoms with van der Waals surface area (Å²) in [6, 6.07) is -0.486. The Hall–Kier alpha value is -1.20. The predicted molar refractivity (Wildman–Crippen MR) is 87.4 cm³/mol. The first kappa shape index (κ1) is 19.8. The minimum absolute atomic E-state index is 0.0588. The van der Waals surface area contributed by atoms with Gasteiger partial charge in [0, 0.05) is 30.1 Å². The average Bonchev–Trinajstić information content (AvgIpc) is 2.48. The molecule has 0 saturated heterocycles. The zero-order chi connectivity index (χ0) is 15.9. The second-order valence-corrected chi connectivity index (χ2v) is 5.36. The summed E-state index contributed by atoms with van der Waals surface area (Å²) in [5, 5.41) is 6.14. The second kappa shape index (κ2) is 13.8. The molecule has 0 rings (SSSR count). The number of nitrogens with zero attached hydrogens (tertiary/aromatic N) is 3. The largest absolute Gasteiger partial charge is 0.345 e. The van der Waals surface area contributed by atoms with E-state index in [2.05, 4.69) is 34.9 Å². The maximum absolute atomic E-state index is 12.0. The Kier molecular flexibility index (Phi) is 13.0. The smallest absolute Gasteiger partial charge is 0.220 e. The number of amides is 1. The van der Waals surface area contributed by atoms with Gasteiger partial charge in [0.2, 0.25) is 5.91 Å². The van der Waals surface area contributed by atoms with Crippen LogP contribution < -0.4 is 5.32 Å². The minimum atomic E-state index is -0.486. The van der Waals surface area contributed by atoms with Crippen molar-refractivity contribution < 1.29 is 9.59 Å². The maximum atomic E-state index is 12.0. The summed E-state index contributed by atoms with van der Waals surface area (Å²) in [6.07, 6.45) is 6.36. The van der Waals surface area contributed by atoms with Crippen molar-refractivity contribution in [3.8, 4) is 0 Å². The van der Waals surface area contributed by atoms with Gasteiger partial charge in [-0.3, -0.25) is 9.59 Å². The molecule has 0 aromatic heterocycles. The van der Waals surface area contributed by atoms with Crippen molar-refractivity contribution in [2.45, 2.75) is 64.3 Å². The van der Waals surface area contributed by atoms with E-state index in [1.807, 2.05) is 0 Å². The Bertz CT molecular complexity index is 357. The molecular formula is C14H26N4O2S. The van der Waals surface area contributed by atoms with Crippen molar-refractivity contribution in [2.75, 3.05) is 12.3 Å². The number of ketones is 1. The topological polar surface area (TPSA) is 94.9 Å². The molecule has 0 aromatic carbocycles. The van der Waals surface area contributed by atoms with Gasteiger partial charge >= 0.3 is 0 Å². The summed E-state index contributed by atoms with van der Waals surface area (Å²) in [5.74, 6) is 0.247. The molecule has 0 radical (unpaired) electrons. The molecule has 1 amide bonds. The first-order chi connectivity index (χ1) is 10.2. The monoisotopic (exact) mass is 314 g/mol. The molecule has 0 aromatic rings. The fourth-order valence-corrected chi connectivity index (χ4v) is 2.20. The first-order valence-corrected chi connectivity index (χ1v) is 8.22. The van der Waals surface area contributed by atoms with Crippen molar-refractivity contribution in [3.05, 3.63) is 10.4 Å². The standard InChI is InChI=1S/C14H26N4O2S/c1-2-3-4-5-8-13(19)12(11-21)17-14(20)9-6-7-10-16-18-15/h12,21H,2-11H2,1H3,(H,17,20). The van der Waals surface area contributed by atoms with Gasteiger partial charge in [-0.15, -0.1) is 0 Å². The van der Waals surface area contributed by atoms with E-state index in [0.29, 0.717) is 38.0 Å². The van der Waals surface area contributed by atoms with E-state index in [1.165, 1.54) is 0 Å². The van der Waals surface area contributed by atoms with Gasteiger partial charge in [0.15, 0.2) is 5.78 Å². The fourth-order valence-electron chi connectivity index (χ4n) is 1.91. The number of unbranched alkanes of at least 4 members (excludes halogenated alkanes) is 4. The number of rotatable bonds is 13. The summed E-state index contributed by atoms with van der Waals surface area (Å²) in [7, 11) is 0. The Morgan fingerprint density at radius 2 is 1.90 bits per heavy atom. The van der Waals surface area contributed by atoms with Crippen molar-refractivity contribution in [3.63, 3.8) is 0 Å². The van der Waals surface area contributed by atoms with Crippen LogP contribution in [-0.4, -0.2) is 30.0 Å². The molecule has 0 saturated carbocycles. The maximum Gasteiger partial charge on any atom is 0.220 e. The molecule has 21 heavy (non-hydrogen) atoms. The summed E-state index contributed by atoms with van der Waals surface area (Å²) in [4.78, 5) is 26.3. The van der Waals surface area contributed by atoms with E-state index in [-0.39, 0.29) is 11.7 Å². The number of carbonyl (C=O) groups excluding carboxylic acids is 2. The zero-order valence-corrected chi connectivity index (χ0v) is 13.6. The lowest BCUT2D eigenvalue weighted by Crippen LogP contribution is -2.42. The lowest BCUT2D eigenvalue weighted by Gasteiger charge is -2.15. The van der Waals surface area contributed by atoms with Gasteiger partial charge in [-0.25, -0.2) is 0 Å². The molecule has 0 spiro atoms. The third kappa shape index (κ3) is 11.2. The van der Waals surface area contributed by atoms with Crippen molar-refractivity contribution in [2.24, 2.45) is 5.11 Å². The highest BCUT2D eigenvalue weighted by Crippen LogP contribution is 2.06. The van der Waals surface area contributed by atoms with E-state index >= 15 is 0 Å². The number of hydrogen-bond acceptors (Lipinski definition) is 4. The molecule has 120 valence electrons. The highest BCUT2D eigenvalue weighted by Gasteiger charge is 2.18. The molecule has 0 heterocycles. The summed E-state index contributed by atoms with van der Waals surface area (Å²) in [5.41, 5.74) is 8.12. The van der Waals surface area contributed by atoms with E-state index in [0.717, 1.165) is 25.7 Å². The number of nitrogens with one attached hydrogen (secondary N) is 1. The molecular weight excluding hydrogens is 288 g/mol. The van der Waals surface area contributed by atoms with E-state index in [1.54, 1.807) is 0 Å². The van der Waals surface area contributed by atoms with Crippen molar-refractivity contribution >= 4 is 24.3 Å². The van der Waals surface area contributed by atoms with Crippen LogP contribution in [0.4, 0.5) is 0 Å². The Labute approximate surface area is 132 Å². The normalized spacial score (nSPS) is 11.5. The van der Waals surface area contributed by atoms with Gasteiger partial charge < -0.3 is 5.32 Å². The molecule has 1 N–H and O–H groups in total. The van der Waals surface area contributed by atoms with Crippen LogP contribution in [-0.2, 0) is 9.59 Å². The highest BCUT2D eigenvalue weighted by molar-refractivity contribution is 7.80. The average molecular weight is 314 g/mol. The summed E-state index contributed by atoms with van der Waals surface area (Å²) >= 11 is 4.14. The van der Waals surface area contributed by atoms with Crippen LogP contribution in [0.5, 0.6) is 0 Å². The number of hydrogen-bond donors (Lipinski definition) is 2. The lowest BCUT2D eigenvalue weighted by atomic mass is 10.1. The SMILES string of the molecule is CCCCCCC(=O)C(CS)NC(=O)CCCCN=[N+]=[N-]. The van der Waals surface area contributed by atoms with E-state index in [9.17, 15) is 9.59 Å². The quantitative estimate of drug-likeness (QED) is 0.179. The van der Waals surface area contributed by atoms with Gasteiger partial charge in [0.25, 0.3) is 0 Å². The molecule has 1 atom stereocenters. The molecule has 0 fully saturated rings. The number of Topliss-reactive ketones (excluding diaryl/α,β-unsaturated/α-hetero) is 1. The number of azide groups is 1. The van der Waals surface area contributed by atoms with Crippen LogP contribution in [0.25, 0.3) is 10.4 Å². The highest BCUT2D eigenvalue weighted by atomic mass is 32.1. The van der Waals surface area contributed by atoms with Gasteiger partial charge in [-0.1, -0.05) is 31.3 Å². The van der Waals surface area contributed by atoms with Crippen molar-refractivity contribution in [1.82, 2.24) is 5.32 Å². The predicted octanol–water partition coefficient (Wildman–Crippen LogP) is 3.42. The molecule has 0 aliphatic heterocycles. The van der Waals surface area contributed by atoms with Crippen LogP contribution in [0.3, 0.4) is 0 Å². The van der Waals surface area contributed by atoms with Crippen molar-refractivity contribution in [1.29, 1.82) is 0 Å². The van der Waals surface area contributed by atoms with E-state index in [4.69, 9.17) is 5.53 Å². The minimum Gasteiger partial charge on any atom is -0.345 e. The summed E-state index contributed by atoms with van der Waals surface area (Å²) < 4.78 is 0. The molecule has 7 heteroatoms. The van der Waals surface area contributed by atoms with Gasteiger partial charge in [-0.2, -0.15) is 12.6 Å². The second-order valence-electron chi connectivity index (χ2n) is 4.99. The van der Waals surface area contributed by atoms with E-state index < -0.39 is 6.04 Å². The van der Waals surface area contributed by atoms with Crippen LogP contribution in [0.15, 0.2) is 5.11 Å². The fraction of sp³-hybridized carbons (Fsp3) is 0.857. The van der Waals surface area contributed by atoms with Crippen LogP contribution in [0.2, 0.25) is 0 Å². The first-order valence-electron chi connectivity index (χ1n) is 7.59. The van der Waals surface area contributed by atoms with Gasteiger partial charge in [0.1, 0.15) is 0 Å². The van der Waals surface area contributed by atoms with Crippen LogP contribution in [0, 0.1) is 0 Å². The number of carbonyl (C=O) groups is 2. The molecule has 0 bridgehead atoms. The Balaban J connectivity index is 3.91. The molecule has 0 aliphatic rings. The molecule has 6 nitrogen and oxygen atoms in total. The van der Waals surface area contributed by atoms with Gasteiger partial charge in [-0.05, 0) is 24.8 Å². The molecule has 0 aliphatic carbocycles. The lowest BCUT2D eigenvalue weighted by molar-refractivity contribution is -0.127. The molecule has 1 unspecified atom stereocenters. The third-order valence-electron chi connectivity index (χ3n) is 3.16.